The molecule has 1 unspecified atom stereocenters. The SMILES string of the molecule is CCCN(CCC)C(=O)CCC(=O)N1CCNCC1c1cccnc1.Cl. The molecule has 26 heavy (non-hydrogen) atoms. The molecule has 1 aliphatic heterocycles. The number of halogens is 1. The highest BCUT2D eigenvalue weighted by molar-refractivity contribution is 5.85. The number of piperazine rings is 1. The van der Waals surface area contributed by atoms with Crippen molar-refractivity contribution in [3.63, 3.8) is 0 Å². The van der Waals surface area contributed by atoms with E-state index in [0.717, 1.165) is 44.6 Å². The molecule has 0 aromatic carbocycles. The Bertz CT molecular complexity index is 550. The first kappa shape index (κ1) is 22.4. The van der Waals surface area contributed by atoms with Crippen molar-refractivity contribution in [1.29, 1.82) is 0 Å². The smallest absolute Gasteiger partial charge is 0.223 e. The summed E-state index contributed by atoms with van der Waals surface area (Å²) < 4.78 is 0. The molecule has 1 aromatic rings. The Morgan fingerprint density at radius 3 is 2.62 bits per heavy atom. The van der Waals surface area contributed by atoms with Crippen molar-refractivity contribution in [3.05, 3.63) is 30.1 Å². The number of amides is 2. The van der Waals surface area contributed by atoms with E-state index in [4.69, 9.17) is 0 Å². The second kappa shape index (κ2) is 11.9. The number of pyridine rings is 1. The monoisotopic (exact) mass is 382 g/mol. The van der Waals surface area contributed by atoms with Gasteiger partial charge in [0, 0.05) is 58.0 Å². The van der Waals surface area contributed by atoms with Gasteiger partial charge in [-0.3, -0.25) is 14.6 Å². The van der Waals surface area contributed by atoms with Gasteiger partial charge in [0.05, 0.1) is 6.04 Å². The summed E-state index contributed by atoms with van der Waals surface area (Å²) in [7, 11) is 0. The number of nitrogens with zero attached hydrogens (tertiary/aromatic N) is 3. The van der Waals surface area contributed by atoms with Gasteiger partial charge in [-0.15, -0.1) is 12.4 Å². The minimum Gasteiger partial charge on any atom is -0.343 e. The molecule has 146 valence electrons. The maximum atomic E-state index is 12.7. The average Bonchev–Trinajstić information content (AvgIpc) is 2.66. The van der Waals surface area contributed by atoms with Crippen molar-refractivity contribution in [2.24, 2.45) is 0 Å². The van der Waals surface area contributed by atoms with Crippen LogP contribution in [-0.4, -0.2) is 59.3 Å². The molecule has 1 atom stereocenters. The first-order valence-electron chi connectivity index (χ1n) is 9.35. The zero-order chi connectivity index (χ0) is 18.1. The number of hydrogen-bond donors (Lipinski definition) is 1. The standard InChI is InChI=1S/C19H30N4O2.ClH/c1-3-11-22(12-4-2)18(24)7-8-19(25)23-13-10-21-15-17(23)16-6-5-9-20-14-16;/h5-6,9,14,17,21H,3-4,7-8,10-13,15H2,1-2H3;1H. The van der Waals surface area contributed by atoms with Gasteiger partial charge < -0.3 is 15.1 Å². The highest BCUT2D eigenvalue weighted by Crippen LogP contribution is 2.22. The minimum absolute atomic E-state index is 0. The van der Waals surface area contributed by atoms with Crippen molar-refractivity contribution >= 4 is 24.2 Å². The van der Waals surface area contributed by atoms with Crippen molar-refractivity contribution < 1.29 is 9.59 Å². The summed E-state index contributed by atoms with van der Waals surface area (Å²) in [6, 6.07) is 3.89. The van der Waals surface area contributed by atoms with E-state index < -0.39 is 0 Å². The molecule has 1 aliphatic rings. The Morgan fingerprint density at radius 1 is 1.27 bits per heavy atom. The third-order valence-electron chi connectivity index (χ3n) is 4.53. The van der Waals surface area contributed by atoms with Crippen LogP contribution >= 0.6 is 12.4 Å². The van der Waals surface area contributed by atoms with Crippen LogP contribution in [0.2, 0.25) is 0 Å². The lowest BCUT2D eigenvalue weighted by Gasteiger charge is -2.36. The van der Waals surface area contributed by atoms with Gasteiger partial charge in [-0.1, -0.05) is 19.9 Å². The molecule has 2 rings (SSSR count). The van der Waals surface area contributed by atoms with Crippen LogP contribution in [-0.2, 0) is 9.59 Å². The van der Waals surface area contributed by atoms with Crippen molar-refractivity contribution in [2.75, 3.05) is 32.7 Å². The molecule has 0 bridgehead atoms. The van der Waals surface area contributed by atoms with E-state index in [1.165, 1.54) is 0 Å². The van der Waals surface area contributed by atoms with Gasteiger partial charge in [-0.2, -0.15) is 0 Å². The third-order valence-corrected chi connectivity index (χ3v) is 4.53. The Balaban J connectivity index is 0.00000338. The zero-order valence-electron chi connectivity index (χ0n) is 15.8. The second-order valence-electron chi connectivity index (χ2n) is 6.47. The van der Waals surface area contributed by atoms with E-state index in [1.807, 2.05) is 28.1 Å². The van der Waals surface area contributed by atoms with Gasteiger partial charge in [-0.25, -0.2) is 0 Å². The maximum absolute atomic E-state index is 12.7. The van der Waals surface area contributed by atoms with Crippen molar-refractivity contribution in [2.45, 2.75) is 45.6 Å². The molecule has 0 aliphatic carbocycles. The van der Waals surface area contributed by atoms with Gasteiger partial charge in [0.15, 0.2) is 0 Å². The van der Waals surface area contributed by atoms with Gasteiger partial charge in [-0.05, 0) is 24.5 Å². The normalized spacial score (nSPS) is 16.7. The predicted molar refractivity (Wildman–Crippen MR) is 105 cm³/mol. The third kappa shape index (κ3) is 6.25. The van der Waals surface area contributed by atoms with Crippen LogP contribution in [0.25, 0.3) is 0 Å². The van der Waals surface area contributed by atoms with Crippen LogP contribution in [0.4, 0.5) is 0 Å². The number of hydrogen-bond acceptors (Lipinski definition) is 4. The molecule has 2 heterocycles. The minimum atomic E-state index is -0.00700. The number of nitrogens with one attached hydrogen (secondary N) is 1. The summed E-state index contributed by atoms with van der Waals surface area (Å²) in [6.07, 6.45) is 6.01. The largest absolute Gasteiger partial charge is 0.343 e. The topological polar surface area (TPSA) is 65.5 Å². The van der Waals surface area contributed by atoms with Crippen LogP contribution < -0.4 is 5.32 Å². The van der Waals surface area contributed by atoms with Gasteiger partial charge in [0.2, 0.25) is 11.8 Å². The van der Waals surface area contributed by atoms with Gasteiger partial charge in [0.25, 0.3) is 0 Å². The predicted octanol–water partition coefficient (Wildman–Crippen LogP) is 2.41. The second-order valence-corrected chi connectivity index (χ2v) is 6.47. The molecule has 6 nitrogen and oxygen atoms in total. The number of carbonyl (C=O) groups is 2. The molecule has 7 heteroatoms. The maximum Gasteiger partial charge on any atom is 0.223 e. The molecule has 1 saturated heterocycles. The number of carbonyl (C=O) groups excluding carboxylic acids is 2. The summed E-state index contributed by atoms with van der Waals surface area (Å²) in [5.41, 5.74) is 1.04. The van der Waals surface area contributed by atoms with Crippen molar-refractivity contribution in [1.82, 2.24) is 20.1 Å². The molecule has 0 saturated carbocycles. The molecule has 0 radical (unpaired) electrons. The van der Waals surface area contributed by atoms with E-state index in [0.29, 0.717) is 13.0 Å². The summed E-state index contributed by atoms with van der Waals surface area (Å²) in [5.74, 6) is 0.141. The molecule has 0 spiro atoms. The fourth-order valence-electron chi connectivity index (χ4n) is 3.29. The Morgan fingerprint density at radius 2 is 2.00 bits per heavy atom. The molecule has 1 N–H and O–H groups in total. The summed E-state index contributed by atoms with van der Waals surface area (Å²) in [6.45, 7) is 7.86. The van der Waals surface area contributed by atoms with Crippen LogP contribution in [0.1, 0.15) is 51.1 Å². The lowest BCUT2D eigenvalue weighted by Crippen LogP contribution is -2.49. The zero-order valence-corrected chi connectivity index (χ0v) is 16.6. The fourth-order valence-corrected chi connectivity index (χ4v) is 3.29. The molecule has 2 amide bonds. The molecule has 1 aromatic heterocycles. The average molecular weight is 383 g/mol. The first-order chi connectivity index (χ1) is 12.2. The summed E-state index contributed by atoms with van der Waals surface area (Å²) in [5, 5.41) is 3.34. The Hall–Kier alpha value is -1.66. The van der Waals surface area contributed by atoms with Crippen LogP contribution in [0, 0.1) is 0 Å². The van der Waals surface area contributed by atoms with E-state index in [1.54, 1.807) is 6.20 Å². The van der Waals surface area contributed by atoms with Crippen molar-refractivity contribution in [3.8, 4) is 0 Å². The number of rotatable bonds is 8. The van der Waals surface area contributed by atoms with Crippen LogP contribution in [0.5, 0.6) is 0 Å². The highest BCUT2D eigenvalue weighted by atomic mass is 35.5. The van der Waals surface area contributed by atoms with E-state index >= 15 is 0 Å². The molecular weight excluding hydrogens is 352 g/mol. The molecule has 1 fully saturated rings. The van der Waals surface area contributed by atoms with E-state index in [2.05, 4.69) is 24.1 Å². The highest BCUT2D eigenvalue weighted by Gasteiger charge is 2.28. The van der Waals surface area contributed by atoms with E-state index in [9.17, 15) is 9.59 Å². The lowest BCUT2D eigenvalue weighted by atomic mass is 10.0. The Kier molecular flexibility index (Phi) is 10.2. The summed E-state index contributed by atoms with van der Waals surface area (Å²) in [4.78, 5) is 33.1. The quantitative estimate of drug-likeness (QED) is 0.749. The lowest BCUT2D eigenvalue weighted by molar-refractivity contribution is -0.139. The van der Waals surface area contributed by atoms with Gasteiger partial charge in [0.1, 0.15) is 0 Å². The van der Waals surface area contributed by atoms with Gasteiger partial charge >= 0.3 is 0 Å². The first-order valence-corrected chi connectivity index (χ1v) is 9.35. The Labute approximate surface area is 162 Å². The summed E-state index contributed by atoms with van der Waals surface area (Å²) >= 11 is 0. The fraction of sp³-hybridized carbons (Fsp3) is 0.632. The molecular formula is C19H31ClN4O2. The van der Waals surface area contributed by atoms with Crippen LogP contribution in [0.3, 0.4) is 0 Å². The van der Waals surface area contributed by atoms with E-state index in [-0.39, 0.29) is 36.7 Å². The number of aromatic nitrogens is 1. The van der Waals surface area contributed by atoms with Crippen LogP contribution in [0.15, 0.2) is 24.5 Å².